The minimum Gasteiger partial charge on any atom is -0.466 e. The second kappa shape index (κ2) is 30.6. The average molecular weight is 824 g/mol. The van der Waals surface area contributed by atoms with Gasteiger partial charge < -0.3 is 28.5 Å². The van der Waals surface area contributed by atoms with Crippen molar-refractivity contribution in [3.05, 3.63) is 45.8 Å². The molecular weight excluding hydrogens is 745 g/mol. The van der Waals surface area contributed by atoms with E-state index in [1.807, 2.05) is 0 Å². The van der Waals surface area contributed by atoms with Gasteiger partial charge in [0.05, 0.1) is 13.2 Å². The number of carbonyl (C=O) groups is 2. The SMILES string of the molecule is CCCCCc1cc(C)c(CCCCCCCCC(=O)O[C@H](COC(=O)CCCCCCCCc2oc(CCCCC)c(C)c2C)COP(=O)(O)OCCNC)o1. The molecule has 0 saturated heterocycles. The number of furan rings is 2. The summed E-state index contributed by atoms with van der Waals surface area (Å²) in [6.07, 6.45) is 22.4. The van der Waals surface area contributed by atoms with Crippen molar-refractivity contribution in [2.75, 3.05) is 33.4 Å². The molecule has 57 heavy (non-hydrogen) atoms. The number of carbonyl (C=O) groups excluding carboxylic acids is 2. The first kappa shape index (κ1) is 50.7. The molecule has 0 aromatic carbocycles. The van der Waals surface area contributed by atoms with Crippen LogP contribution in [-0.4, -0.2) is 56.3 Å². The zero-order chi connectivity index (χ0) is 41.7. The van der Waals surface area contributed by atoms with Crippen molar-refractivity contribution < 1.29 is 46.4 Å². The second-order valence-electron chi connectivity index (χ2n) is 15.7. The van der Waals surface area contributed by atoms with E-state index in [0.717, 1.165) is 113 Å². The molecule has 0 fully saturated rings. The summed E-state index contributed by atoms with van der Waals surface area (Å²) in [5.41, 5.74) is 3.85. The molecule has 0 aliphatic heterocycles. The highest BCUT2D eigenvalue weighted by Crippen LogP contribution is 2.43. The van der Waals surface area contributed by atoms with Crippen LogP contribution in [0.1, 0.15) is 182 Å². The van der Waals surface area contributed by atoms with Crippen LogP contribution in [0, 0.1) is 20.8 Å². The third-order valence-corrected chi connectivity index (χ3v) is 11.6. The van der Waals surface area contributed by atoms with Crippen LogP contribution in [0.2, 0.25) is 0 Å². The number of rotatable bonds is 36. The number of phosphoric acid groups is 1. The van der Waals surface area contributed by atoms with Gasteiger partial charge in [0, 0.05) is 45.1 Å². The Kier molecular flexibility index (Phi) is 27.2. The molecule has 12 heteroatoms. The summed E-state index contributed by atoms with van der Waals surface area (Å²) in [5, 5.41) is 2.82. The van der Waals surface area contributed by atoms with Gasteiger partial charge in [-0.1, -0.05) is 90.9 Å². The number of esters is 2. The van der Waals surface area contributed by atoms with E-state index >= 15 is 0 Å². The normalized spacial score (nSPS) is 13.2. The minimum absolute atomic E-state index is 0.0321. The standard InChI is InChI=1S/C45H78NO10P/c1-7-9-19-25-39-33-36(3)41(54-39)26-21-15-11-14-18-24-30-45(48)55-40(35-53-57(49,50)52-32-31-46-6)34-51-44(47)29-23-17-13-12-16-22-28-43-38(5)37(4)42(56-43)27-20-10-8-2/h33,40,46H,7-32,34-35H2,1-6H3,(H,49,50)/t40-/m1/s1. The quantitative estimate of drug-likeness (QED) is 0.0384. The molecule has 2 rings (SSSR count). The lowest BCUT2D eigenvalue weighted by molar-refractivity contribution is -0.161. The van der Waals surface area contributed by atoms with E-state index in [1.165, 1.54) is 55.2 Å². The molecule has 11 nitrogen and oxygen atoms in total. The van der Waals surface area contributed by atoms with Gasteiger partial charge in [-0.3, -0.25) is 18.6 Å². The lowest BCUT2D eigenvalue weighted by atomic mass is 10.0. The summed E-state index contributed by atoms with van der Waals surface area (Å²) in [7, 11) is -2.68. The first-order valence-electron chi connectivity index (χ1n) is 22.3. The number of aryl methyl sites for hydroxylation is 5. The highest BCUT2D eigenvalue weighted by atomic mass is 31.2. The molecule has 0 aliphatic carbocycles. The van der Waals surface area contributed by atoms with E-state index in [2.05, 4.69) is 46.0 Å². The van der Waals surface area contributed by atoms with Crippen LogP contribution in [0.5, 0.6) is 0 Å². The maximum Gasteiger partial charge on any atom is 0.472 e. The van der Waals surface area contributed by atoms with Gasteiger partial charge in [-0.05, 0) is 89.1 Å². The predicted molar refractivity (Wildman–Crippen MR) is 227 cm³/mol. The van der Waals surface area contributed by atoms with Crippen LogP contribution in [0.15, 0.2) is 14.9 Å². The van der Waals surface area contributed by atoms with Crippen LogP contribution in [-0.2, 0) is 58.4 Å². The van der Waals surface area contributed by atoms with Crippen LogP contribution < -0.4 is 5.32 Å². The number of phosphoric ester groups is 1. The molecule has 0 saturated carbocycles. The minimum atomic E-state index is -4.38. The highest BCUT2D eigenvalue weighted by molar-refractivity contribution is 7.47. The van der Waals surface area contributed by atoms with Crippen molar-refractivity contribution in [2.45, 2.75) is 195 Å². The van der Waals surface area contributed by atoms with Gasteiger partial charge in [0.2, 0.25) is 0 Å². The third kappa shape index (κ3) is 23.1. The lowest BCUT2D eigenvalue weighted by Crippen LogP contribution is -2.29. The average Bonchev–Trinajstić information content (AvgIpc) is 3.67. The molecule has 0 radical (unpaired) electrons. The Labute approximate surface area is 344 Å². The number of hydrogen-bond acceptors (Lipinski definition) is 10. The molecule has 2 heterocycles. The fraction of sp³-hybridized carbons (Fsp3) is 0.778. The largest absolute Gasteiger partial charge is 0.472 e. The molecule has 2 N–H and O–H groups in total. The Hall–Kier alpha value is -2.43. The Morgan fingerprint density at radius 3 is 1.75 bits per heavy atom. The zero-order valence-electron chi connectivity index (χ0n) is 36.5. The first-order valence-corrected chi connectivity index (χ1v) is 23.8. The number of likely N-dealkylation sites (N-methyl/N-ethyl adjacent to an activating group) is 1. The van der Waals surface area contributed by atoms with Gasteiger partial charge >= 0.3 is 19.8 Å². The summed E-state index contributed by atoms with van der Waals surface area (Å²) in [6, 6.07) is 2.19. The number of unbranched alkanes of at least 4 members (excludes halogenated alkanes) is 14. The molecule has 0 aliphatic rings. The van der Waals surface area contributed by atoms with Gasteiger partial charge in [0.1, 0.15) is 29.6 Å². The molecule has 328 valence electrons. The fourth-order valence-electron chi connectivity index (χ4n) is 6.86. The predicted octanol–water partition coefficient (Wildman–Crippen LogP) is 11.3. The topological polar surface area (TPSA) is 147 Å². The molecule has 0 amide bonds. The molecule has 2 atom stereocenters. The summed E-state index contributed by atoms with van der Waals surface area (Å²) < 4.78 is 45.6. The Balaban J connectivity index is 1.65. The van der Waals surface area contributed by atoms with Gasteiger partial charge in [-0.15, -0.1) is 0 Å². The molecule has 2 aromatic heterocycles. The number of nitrogens with one attached hydrogen (secondary N) is 1. The Morgan fingerprint density at radius 2 is 1.18 bits per heavy atom. The van der Waals surface area contributed by atoms with Gasteiger partial charge in [-0.2, -0.15) is 0 Å². The van der Waals surface area contributed by atoms with Crippen LogP contribution >= 0.6 is 7.82 Å². The maximum atomic E-state index is 12.7. The van der Waals surface area contributed by atoms with Gasteiger partial charge in [-0.25, -0.2) is 4.57 Å². The Bertz CT molecular complexity index is 1420. The van der Waals surface area contributed by atoms with Gasteiger partial charge in [0.15, 0.2) is 6.10 Å². The van der Waals surface area contributed by atoms with E-state index in [4.69, 9.17) is 27.4 Å². The van der Waals surface area contributed by atoms with E-state index in [-0.39, 0.29) is 26.1 Å². The fourth-order valence-corrected chi connectivity index (χ4v) is 7.62. The maximum absolute atomic E-state index is 12.7. The third-order valence-electron chi connectivity index (χ3n) is 10.6. The number of ether oxygens (including phenoxy) is 2. The molecule has 2 aromatic rings. The van der Waals surface area contributed by atoms with E-state index in [9.17, 15) is 19.0 Å². The molecule has 0 bridgehead atoms. The van der Waals surface area contributed by atoms with Crippen molar-refractivity contribution >= 4 is 19.8 Å². The summed E-state index contributed by atoms with van der Waals surface area (Å²) >= 11 is 0. The summed E-state index contributed by atoms with van der Waals surface area (Å²) in [6.45, 7) is 10.5. The smallest absolute Gasteiger partial charge is 0.466 e. The van der Waals surface area contributed by atoms with Crippen molar-refractivity contribution in [3.8, 4) is 0 Å². The second-order valence-corrected chi connectivity index (χ2v) is 17.1. The number of hydrogen-bond donors (Lipinski definition) is 2. The van der Waals surface area contributed by atoms with E-state index < -0.39 is 32.5 Å². The van der Waals surface area contributed by atoms with Crippen molar-refractivity contribution in [3.63, 3.8) is 0 Å². The lowest BCUT2D eigenvalue weighted by Gasteiger charge is -2.20. The van der Waals surface area contributed by atoms with Crippen molar-refractivity contribution in [2.24, 2.45) is 0 Å². The zero-order valence-corrected chi connectivity index (χ0v) is 37.4. The van der Waals surface area contributed by atoms with Crippen molar-refractivity contribution in [1.29, 1.82) is 0 Å². The molecular formula is C45H78NO10P. The van der Waals surface area contributed by atoms with E-state index in [0.29, 0.717) is 19.4 Å². The molecule has 0 spiro atoms. The van der Waals surface area contributed by atoms with Gasteiger partial charge in [0.25, 0.3) is 0 Å². The monoisotopic (exact) mass is 824 g/mol. The first-order chi connectivity index (χ1) is 27.5. The molecule has 1 unspecified atom stereocenters. The van der Waals surface area contributed by atoms with E-state index in [1.54, 1.807) is 7.05 Å². The highest BCUT2D eigenvalue weighted by Gasteiger charge is 2.26. The van der Waals surface area contributed by atoms with Crippen LogP contribution in [0.4, 0.5) is 0 Å². The summed E-state index contributed by atoms with van der Waals surface area (Å²) in [5.74, 6) is 3.62. The Morgan fingerprint density at radius 1 is 0.667 bits per heavy atom. The van der Waals surface area contributed by atoms with Crippen LogP contribution in [0.25, 0.3) is 0 Å². The van der Waals surface area contributed by atoms with Crippen LogP contribution in [0.3, 0.4) is 0 Å². The summed E-state index contributed by atoms with van der Waals surface area (Å²) in [4.78, 5) is 35.3. The van der Waals surface area contributed by atoms with Crippen molar-refractivity contribution in [1.82, 2.24) is 5.32 Å².